The van der Waals surface area contributed by atoms with Gasteiger partial charge in [-0.15, -0.1) is 0 Å². The molecular formula is C22H39N5O6Si2. The molecule has 2 fully saturated rings. The molecule has 2 aromatic rings. The van der Waals surface area contributed by atoms with Gasteiger partial charge in [-0.3, -0.25) is 14.3 Å². The molecule has 0 spiro atoms. The molecule has 4 rings (SSSR count). The first-order valence-electron chi connectivity index (χ1n) is 12.4. The predicted molar refractivity (Wildman–Crippen MR) is 136 cm³/mol. The summed E-state index contributed by atoms with van der Waals surface area (Å²) in [4.78, 5) is 23.1. The van der Waals surface area contributed by atoms with Gasteiger partial charge in [0.1, 0.15) is 18.3 Å². The van der Waals surface area contributed by atoms with E-state index in [0.29, 0.717) is 0 Å². The fourth-order valence-electron chi connectivity index (χ4n) is 5.50. The van der Waals surface area contributed by atoms with E-state index in [1.807, 2.05) is 0 Å². The molecule has 0 saturated carbocycles. The lowest BCUT2D eigenvalue weighted by Gasteiger charge is -2.51. The third-order valence-corrected chi connectivity index (χ3v) is 17.6. The lowest BCUT2D eigenvalue weighted by molar-refractivity contribution is -0.0570. The van der Waals surface area contributed by atoms with Gasteiger partial charge in [0.05, 0.1) is 12.9 Å². The summed E-state index contributed by atoms with van der Waals surface area (Å²) in [6, 6.07) is 0. The van der Waals surface area contributed by atoms with E-state index < -0.39 is 47.2 Å². The summed E-state index contributed by atoms with van der Waals surface area (Å²) in [5.41, 5.74) is 6.33. The highest BCUT2D eigenvalue weighted by atomic mass is 28.5. The summed E-state index contributed by atoms with van der Waals surface area (Å²) in [7, 11) is -5.64. The predicted octanol–water partition coefficient (Wildman–Crippen LogP) is 2.92. The monoisotopic (exact) mass is 525 g/mol. The molecule has 0 bridgehead atoms. The van der Waals surface area contributed by atoms with E-state index >= 15 is 0 Å². The maximum atomic E-state index is 12.3. The van der Waals surface area contributed by atoms with Crippen LogP contribution in [0, 0.1) is 0 Å². The molecule has 2 aromatic heterocycles. The molecule has 0 amide bonds. The Morgan fingerprint density at radius 3 is 2.26 bits per heavy atom. The van der Waals surface area contributed by atoms with Crippen LogP contribution in [-0.2, 0) is 17.7 Å². The highest BCUT2D eigenvalue weighted by Gasteiger charge is 2.61. The van der Waals surface area contributed by atoms with Crippen molar-refractivity contribution in [1.29, 1.82) is 0 Å². The molecule has 4 heterocycles. The van der Waals surface area contributed by atoms with Crippen molar-refractivity contribution in [2.75, 3.05) is 12.3 Å². The molecule has 11 nitrogen and oxygen atoms in total. The Morgan fingerprint density at radius 2 is 1.69 bits per heavy atom. The van der Waals surface area contributed by atoms with Crippen LogP contribution in [0.25, 0.3) is 11.2 Å². The van der Waals surface area contributed by atoms with E-state index in [1.54, 1.807) is 4.57 Å². The lowest BCUT2D eigenvalue weighted by Crippen LogP contribution is -2.65. The van der Waals surface area contributed by atoms with Crippen LogP contribution in [0.1, 0.15) is 61.6 Å². The van der Waals surface area contributed by atoms with Crippen molar-refractivity contribution in [3.8, 4) is 0 Å². The molecule has 2 aliphatic heterocycles. The van der Waals surface area contributed by atoms with Gasteiger partial charge >= 0.3 is 17.1 Å². The zero-order valence-corrected chi connectivity index (χ0v) is 23.8. The zero-order valence-electron chi connectivity index (χ0n) is 21.8. The smallest absolute Gasteiger partial charge is 0.335 e. The Bertz CT molecular complexity index is 1100. The summed E-state index contributed by atoms with van der Waals surface area (Å²) in [6.45, 7) is 17.4. The number of aromatic amines is 1. The number of nitrogens with zero attached hydrogens (tertiary/aromatic N) is 3. The number of rotatable bonds is 5. The summed E-state index contributed by atoms with van der Waals surface area (Å²) < 4.78 is 28.7. The Hall–Kier alpha value is -1.62. The molecule has 35 heavy (non-hydrogen) atoms. The maximum absolute atomic E-state index is 12.3. The molecule has 4 N–H and O–H groups in total. The van der Waals surface area contributed by atoms with E-state index in [-0.39, 0.29) is 45.9 Å². The quantitative estimate of drug-likeness (QED) is 0.501. The van der Waals surface area contributed by atoms with E-state index in [1.165, 1.54) is 6.33 Å². The normalized spacial score (nSPS) is 28.7. The fourth-order valence-corrected chi connectivity index (χ4v) is 16.7. The van der Waals surface area contributed by atoms with E-state index in [0.717, 1.165) is 0 Å². The van der Waals surface area contributed by atoms with E-state index in [2.05, 4.69) is 70.3 Å². The van der Waals surface area contributed by atoms with Crippen LogP contribution in [0.5, 0.6) is 0 Å². The van der Waals surface area contributed by atoms with Crippen molar-refractivity contribution in [2.24, 2.45) is 0 Å². The van der Waals surface area contributed by atoms with Crippen LogP contribution >= 0.6 is 0 Å². The first-order chi connectivity index (χ1) is 16.3. The summed E-state index contributed by atoms with van der Waals surface area (Å²) in [5, 5.41) is 11.5. The molecule has 196 valence electrons. The number of hydrogen-bond donors (Lipinski definition) is 3. The van der Waals surface area contributed by atoms with Gasteiger partial charge in [-0.25, -0.2) is 4.98 Å². The Kier molecular flexibility index (Phi) is 7.07. The van der Waals surface area contributed by atoms with Crippen molar-refractivity contribution in [2.45, 2.75) is 102 Å². The SMILES string of the molecule is CC(C)[Si]1(C(C)C)OC[C@H]2O[C@@H](n3cnc4c(=O)[nH]c(N)nc43)[C@@H](O)[C@@H]2O[Si](C(C)C)(C(C)C)O1. The second kappa shape index (κ2) is 9.36. The molecule has 0 aromatic carbocycles. The number of nitrogen functional groups attached to an aromatic ring is 1. The van der Waals surface area contributed by atoms with Crippen LogP contribution in [0.4, 0.5) is 5.95 Å². The number of fused-ring (bicyclic) bond motifs is 2. The van der Waals surface area contributed by atoms with Gasteiger partial charge in [-0.05, 0) is 22.2 Å². The number of ether oxygens (including phenoxy) is 1. The summed E-state index contributed by atoms with van der Waals surface area (Å²) in [6.07, 6.45) is -1.67. The molecule has 13 heteroatoms. The number of hydrogen-bond acceptors (Lipinski definition) is 9. The number of aliphatic hydroxyl groups excluding tert-OH is 1. The first kappa shape index (κ1) is 26.4. The number of H-pyrrole nitrogens is 1. The topological polar surface area (TPSA) is 147 Å². The second-order valence-corrected chi connectivity index (χ2v) is 19.7. The van der Waals surface area contributed by atoms with Crippen LogP contribution in [0.2, 0.25) is 22.2 Å². The van der Waals surface area contributed by atoms with Crippen LogP contribution in [0.3, 0.4) is 0 Å². The highest BCUT2D eigenvalue weighted by molar-refractivity contribution is 6.83. The molecule has 2 aliphatic rings. The van der Waals surface area contributed by atoms with Crippen molar-refractivity contribution in [3.05, 3.63) is 16.7 Å². The van der Waals surface area contributed by atoms with Crippen LogP contribution in [-0.4, -0.2) is 66.7 Å². The Balaban J connectivity index is 1.79. The van der Waals surface area contributed by atoms with Crippen LogP contribution in [0.15, 0.2) is 11.1 Å². The number of imidazole rings is 1. The zero-order chi connectivity index (χ0) is 25.9. The minimum atomic E-state index is -2.91. The van der Waals surface area contributed by atoms with Gasteiger partial charge in [-0.1, -0.05) is 55.4 Å². The van der Waals surface area contributed by atoms with Gasteiger partial charge in [0.2, 0.25) is 5.95 Å². The van der Waals surface area contributed by atoms with E-state index in [4.69, 9.17) is 23.4 Å². The standard InChI is InChI=1S/C22H39N5O6Si2/c1-11(2)34(12(3)4)30-9-15-18(32-35(33-34,13(5)6)14(7)8)17(28)21(31-15)27-10-24-16-19(27)25-22(23)26-20(16)29/h10-15,17-18,21,28H,9H2,1-8H3,(H3,23,25,26,29)/t15-,17+,18-,21-/m1/s1. The van der Waals surface area contributed by atoms with Crippen molar-refractivity contribution >= 4 is 34.2 Å². The molecule has 0 radical (unpaired) electrons. The average Bonchev–Trinajstić information content (AvgIpc) is 3.28. The lowest BCUT2D eigenvalue weighted by atomic mass is 10.1. The molecule has 0 unspecified atom stereocenters. The first-order valence-corrected chi connectivity index (χ1v) is 16.4. The number of nitrogens with two attached hydrogens (primary N) is 1. The van der Waals surface area contributed by atoms with Gasteiger partial charge in [0, 0.05) is 0 Å². The number of anilines is 1. The third kappa shape index (κ3) is 4.20. The third-order valence-electron chi connectivity index (χ3n) is 7.37. The van der Waals surface area contributed by atoms with Gasteiger partial charge < -0.3 is 28.5 Å². The summed E-state index contributed by atoms with van der Waals surface area (Å²) in [5.74, 6) is -0.0357. The highest BCUT2D eigenvalue weighted by Crippen LogP contribution is 2.48. The Labute approximate surface area is 207 Å². The molecule has 0 aliphatic carbocycles. The van der Waals surface area contributed by atoms with E-state index in [9.17, 15) is 9.90 Å². The van der Waals surface area contributed by atoms with Gasteiger partial charge in [0.25, 0.3) is 5.56 Å². The van der Waals surface area contributed by atoms with Crippen molar-refractivity contribution in [3.63, 3.8) is 0 Å². The Morgan fingerprint density at radius 1 is 1.09 bits per heavy atom. The average molecular weight is 526 g/mol. The number of aliphatic hydroxyl groups is 1. The largest absolute Gasteiger partial charge is 0.414 e. The minimum absolute atomic E-state index is 0.0357. The molecular weight excluding hydrogens is 486 g/mol. The number of nitrogens with one attached hydrogen (secondary N) is 1. The van der Waals surface area contributed by atoms with Gasteiger partial charge in [-0.2, -0.15) is 4.98 Å². The van der Waals surface area contributed by atoms with Gasteiger partial charge in [0.15, 0.2) is 17.4 Å². The molecule has 4 atom stereocenters. The minimum Gasteiger partial charge on any atom is -0.414 e. The fraction of sp³-hybridized carbons (Fsp3) is 0.773. The molecule has 2 saturated heterocycles. The maximum Gasteiger partial charge on any atom is 0.335 e. The van der Waals surface area contributed by atoms with Crippen molar-refractivity contribution < 1.29 is 22.8 Å². The van der Waals surface area contributed by atoms with Crippen molar-refractivity contribution in [1.82, 2.24) is 19.5 Å². The second-order valence-electron chi connectivity index (χ2n) is 10.9. The summed E-state index contributed by atoms with van der Waals surface area (Å²) >= 11 is 0. The number of aromatic nitrogens is 4. The van der Waals surface area contributed by atoms with Crippen LogP contribution < -0.4 is 11.3 Å².